The van der Waals surface area contributed by atoms with Crippen LogP contribution in [0.1, 0.15) is 18.0 Å². The maximum Gasteiger partial charge on any atom is 0.265 e. The molecule has 0 spiro atoms. The average Bonchev–Trinajstić information content (AvgIpc) is 3.43. The smallest absolute Gasteiger partial charge is 0.265 e. The molecular weight excluding hydrogens is 392 g/mol. The summed E-state index contributed by atoms with van der Waals surface area (Å²) in [6.07, 6.45) is 3.07. The second-order valence-corrected chi connectivity index (χ2v) is 7.74. The fraction of sp³-hybridized carbons (Fsp3) is 0.211. The van der Waals surface area contributed by atoms with Gasteiger partial charge >= 0.3 is 0 Å². The number of rotatable bonds is 4. The van der Waals surface area contributed by atoms with Gasteiger partial charge in [-0.1, -0.05) is 35.1 Å². The molecule has 0 saturated carbocycles. The van der Waals surface area contributed by atoms with E-state index in [2.05, 4.69) is 15.6 Å². The molecule has 10 heteroatoms. The van der Waals surface area contributed by atoms with E-state index in [4.69, 9.17) is 9.51 Å². The van der Waals surface area contributed by atoms with Crippen molar-refractivity contribution in [2.75, 3.05) is 11.1 Å². The first-order chi connectivity index (χ1) is 14.1. The van der Waals surface area contributed by atoms with E-state index in [1.165, 1.54) is 18.0 Å². The number of nitrogens with zero attached hydrogens (tertiary/aromatic N) is 5. The number of aromatic nitrogens is 5. The van der Waals surface area contributed by atoms with Gasteiger partial charge in [-0.05, 0) is 18.6 Å². The largest absolute Gasteiger partial charge is 0.363 e. The predicted octanol–water partition coefficient (Wildman–Crippen LogP) is 2.55. The molecule has 3 aromatic heterocycles. The lowest BCUT2D eigenvalue weighted by Crippen LogP contribution is -2.27. The van der Waals surface area contributed by atoms with Crippen molar-refractivity contribution in [1.29, 1.82) is 0 Å². The van der Waals surface area contributed by atoms with Crippen LogP contribution in [0.15, 0.2) is 57.3 Å². The number of carbonyl (C=O) groups excluding carboxylic acids is 1. The summed E-state index contributed by atoms with van der Waals surface area (Å²) in [5.74, 6) is 0.708. The molecule has 1 N–H and O–H groups in total. The first kappa shape index (κ1) is 17.7. The third kappa shape index (κ3) is 3.01. The van der Waals surface area contributed by atoms with Crippen molar-refractivity contribution < 1.29 is 9.32 Å². The van der Waals surface area contributed by atoms with Gasteiger partial charge in [0.05, 0.1) is 17.9 Å². The molecule has 146 valence electrons. The van der Waals surface area contributed by atoms with Gasteiger partial charge in [0.1, 0.15) is 11.6 Å². The minimum atomic E-state index is -0.284. The van der Waals surface area contributed by atoms with E-state index in [-0.39, 0.29) is 23.9 Å². The molecule has 29 heavy (non-hydrogen) atoms. The summed E-state index contributed by atoms with van der Waals surface area (Å²) >= 11 is 1.46. The van der Waals surface area contributed by atoms with E-state index < -0.39 is 0 Å². The normalized spacial score (nSPS) is 15.6. The molecule has 1 aromatic carbocycles. The van der Waals surface area contributed by atoms with Crippen LogP contribution in [0.4, 0.5) is 5.82 Å². The highest BCUT2D eigenvalue weighted by molar-refractivity contribution is 7.99. The fourth-order valence-corrected chi connectivity index (χ4v) is 4.57. The second-order valence-electron chi connectivity index (χ2n) is 6.75. The Balaban J connectivity index is 1.50. The molecule has 5 rings (SSSR count). The quantitative estimate of drug-likeness (QED) is 0.517. The van der Waals surface area contributed by atoms with Crippen molar-refractivity contribution in [2.45, 2.75) is 24.5 Å². The molecule has 1 unspecified atom stereocenters. The molecule has 4 aromatic rings. The minimum Gasteiger partial charge on any atom is -0.363 e. The minimum absolute atomic E-state index is 0.145. The number of anilines is 1. The van der Waals surface area contributed by atoms with Gasteiger partial charge < -0.3 is 9.84 Å². The fourth-order valence-electron chi connectivity index (χ4n) is 3.44. The zero-order valence-electron chi connectivity index (χ0n) is 15.4. The van der Waals surface area contributed by atoms with Crippen LogP contribution in [0.2, 0.25) is 0 Å². The first-order valence-corrected chi connectivity index (χ1v) is 9.99. The molecular formula is C19H16N6O3S. The Morgan fingerprint density at radius 3 is 3.00 bits per heavy atom. The topological polar surface area (TPSA) is 108 Å². The van der Waals surface area contributed by atoms with Gasteiger partial charge in [-0.15, -0.1) is 0 Å². The van der Waals surface area contributed by atoms with Crippen LogP contribution in [0, 0.1) is 6.92 Å². The van der Waals surface area contributed by atoms with Crippen molar-refractivity contribution in [1.82, 2.24) is 24.5 Å². The van der Waals surface area contributed by atoms with Crippen LogP contribution >= 0.6 is 11.8 Å². The average molecular weight is 408 g/mol. The molecule has 0 bridgehead atoms. The van der Waals surface area contributed by atoms with Crippen molar-refractivity contribution >= 4 is 34.5 Å². The Morgan fingerprint density at radius 2 is 2.21 bits per heavy atom. The number of hydrogen-bond donors (Lipinski definition) is 1. The lowest BCUT2D eigenvalue weighted by atomic mass is 10.2. The van der Waals surface area contributed by atoms with E-state index in [0.717, 1.165) is 11.3 Å². The van der Waals surface area contributed by atoms with Crippen LogP contribution in [0.3, 0.4) is 0 Å². The SMILES string of the molecule is Cc1ccccc1-n1ncc2c(=O)n3c(nc21)SCC3CC(=O)Nc1ccon1. The summed E-state index contributed by atoms with van der Waals surface area (Å²) in [6.45, 7) is 1.99. The highest BCUT2D eigenvalue weighted by atomic mass is 32.2. The molecule has 9 nitrogen and oxygen atoms in total. The first-order valence-electron chi connectivity index (χ1n) is 9.01. The maximum atomic E-state index is 13.2. The van der Waals surface area contributed by atoms with Crippen LogP contribution < -0.4 is 10.9 Å². The van der Waals surface area contributed by atoms with Gasteiger partial charge in [0, 0.05) is 18.2 Å². The predicted molar refractivity (Wildman–Crippen MR) is 107 cm³/mol. The lowest BCUT2D eigenvalue weighted by Gasteiger charge is -2.13. The van der Waals surface area contributed by atoms with Gasteiger partial charge in [-0.2, -0.15) is 5.10 Å². The van der Waals surface area contributed by atoms with Crippen LogP contribution in [0.5, 0.6) is 0 Å². The Kier molecular flexibility index (Phi) is 4.20. The summed E-state index contributed by atoms with van der Waals surface area (Å²) < 4.78 is 8.00. The molecule has 0 aliphatic carbocycles. The zero-order chi connectivity index (χ0) is 20.0. The van der Waals surface area contributed by atoms with Crippen LogP contribution in [-0.2, 0) is 4.79 Å². The van der Waals surface area contributed by atoms with Crippen molar-refractivity contribution in [3.8, 4) is 5.69 Å². The van der Waals surface area contributed by atoms with Crippen molar-refractivity contribution in [3.63, 3.8) is 0 Å². The van der Waals surface area contributed by atoms with Gasteiger partial charge in [0.2, 0.25) is 5.91 Å². The number of aryl methyl sites for hydroxylation is 1. The second kappa shape index (κ2) is 6.89. The van der Waals surface area contributed by atoms with Crippen molar-refractivity contribution in [2.24, 2.45) is 0 Å². The number of benzene rings is 1. The molecule has 1 amide bonds. The van der Waals surface area contributed by atoms with Gasteiger partial charge in [-0.3, -0.25) is 14.2 Å². The van der Waals surface area contributed by atoms with E-state index >= 15 is 0 Å². The zero-order valence-corrected chi connectivity index (χ0v) is 16.2. The summed E-state index contributed by atoms with van der Waals surface area (Å²) in [7, 11) is 0. The highest BCUT2D eigenvalue weighted by Gasteiger charge is 2.29. The number of thioether (sulfide) groups is 1. The van der Waals surface area contributed by atoms with Crippen LogP contribution in [-0.4, -0.2) is 36.1 Å². The number of amides is 1. The third-order valence-corrected chi connectivity index (χ3v) is 5.94. The molecule has 1 aliphatic heterocycles. The van der Waals surface area contributed by atoms with E-state index in [1.54, 1.807) is 21.5 Å². The number of fused-ring (bicyclic) bond motifs is 2. The summed E-state index contributed by atoms with van der Waals surface area (Å²) in [6, 6.07) is 9.09. The van der Waals surface area contributed by atoms with Gasteiger partial charge in [0.25, 0.3) is 5.56 Å². The number of hydrogen-bond acceptors (Lipinski definition) is 7. The lowest BCUT2D eigenvalue weighted by molar-refractivity contribution is -0.116. The van der Waals surface area contributed by atoms with Gasteiger partial charge in [0.15, 0.2) is 16.6 Å². The molecule has 4 heterocycles. The van der Waals surface area contributed by atoms with E-state index in [1.807, 2.05) is 31.2 Å². The maximum absolute atomic E-state index is 13.2. The monoisotopic (exact) mass is 408 g/mol. The molecule has 0 fully saturated rings. The summed E-state index contributed by atoms with van der Waals surface area (Å²) in [5.41, 5.74) is 2.26. The molecule has 0 saturated heterocycles. The summed E-state index contributed by atoms with van der Waals surface area (Å²) in [4.78, 5) is 30.2. The van der Waals surface area contributed by atoms with Crippen LogP contribution in [0.25, 0.3) is 16.7 Å². The molecule has 1 atom stereocenters. The van der Waals surface area contributed by atoms with E-state index in [9.17, 15) is 9.59 Å². The Morgan fingerprint density at radius 1 is 1.34 bits per heavy atom. The molecule has 0 radical (unpaired) electrons. The number of nitrogens with one attached hydrogen (secondary N) is 1. The van der Waals surface area contributed by atoms with Gasteiger partial charge in [-0.25, -0.2) is 9.67 Å². The third-order valence-electron chi connectivity index (χ3n) is 4.84. The van der Waals surface area contributed by atoms with Crippen molar-refractivity contribution in [3.05, 3.63) is 58.7 Å². The Labute approximate surface area is 168 Å². The molecule has 1 aliphatic rings. The number of para-hydroxylation sites is 1. The standard InChI is InChI=1S/C19H16N6O3S/c1-11-4-2-3-5-14(11)25-17-13(9-20-25)18(27)24-12(10-29-19(24)22-17)8-16(26)21-15-6-7-28-23-15/h2-7,9,12H,8,10H2,1H3,(H,21,23,26). The van der Waals surface area contributed by atoms with E-state index in [0.29, 0.717) is 27.8 Å². The number of carbonyl (C=O) groups is 1. The Hall–Kier alpha value is -3.40. The Bertz CT molecular complexity index is 1280. The summed E-state index contributed by atoms with van der Waals surface area (Å²) in [5, 5.41) is 11.8. The highest BCUT2D eigenvalue weighted by Crippen LogP contribution is 2.33.